The van der Waals surface area contributed by atoms with Crippen molar-refractivity contribution < 1.29 is 13.2 Å². The van der Waals surface area contributed by atoms with E-state index in [1.807, 2.05) is 80.7 Å². The number of amides is 1. The molecule has 0 aliphatic heterocycles. The predicted octanol–water partition coefficient (Wildman–Crippen LogP) is 4.22. The number of hydrogen-bond donors (Lipinski definition) is 2. The first-order chi connectivity index (χ1) is 16.3. The van der Waals surface area contributed by atoms with Gasteiger partial charge >= 0.3 is 0 Å². The van der Waals surface area contributed by atoms with Crippen LogP contribution < -0.4 is 10.0 Å². The molecule has 0 saturated heterocycles. The zero-order chi connectivity index (χ0) is 24.1. The molecule has 1 atom stereocenters. The normalized spacial score (nSPS) is 12.6. The second-order valence-electron chi connectivity index (χ2n) is 8.14. The third-order valence-electron chi connectivity index (χ3n) is 5.30. The van der Waals surface area contributed by atoms with Crippen LogP contribution in [0.4, 0.5) is 0 Å². The van der Waals surface area contributed by atoms with Crippen LogP contribution in [-0.4, -0.2) is 30.1 Å². The molecule has 0 radical (unpaired) electrons. The lowest BCUT2D eigenvalue weighted by atomic mass is 10.0. The molecular formula is C25H26N4O3S2. The first-order valence-corrected chi connectivity index (χ1v) is 13.2. The molecule has 2 aromatic carbocycles. The number of hydrogen-bond acceptors (Lipinski definition) is 5. The predicted molar refractivity (Wildman–Crippen MR) is 134 cm³/mol. The highest BCUT2D eigenvalue weighted by molar-refractivity contribution is 7.91. The van der Waals surface area contributed by atoms with Gasteiger partial charge in [-0.05, 0) is 29.5 Å². The van der Waals surface area contributed by atoms with Crippen molar-refractivity contribution >= 4 is 27.3 Å². The van der Waals surface area contributed by atoms with E-state index in [0.29, 0.717) is 0 Å². The molecule has 7 nitrogen and oxygen atoms in total. The van der Waals surface area contributed by atoms with Crippen molar-refractivity contribution in [2.24, 2.45) is 5.92 Å². The molecule has 9 heteroatoms. The number of carbonyl (C=O) groups excluding carboxylic acids is 1. The van der Waals surface area contributed by atoms with Crippen molar-refractivity contribution in [3.8, 4) is 16.9 Å². The number of sulfonamides is 1. The van der Waals surface area contributed by atoms with Gasteiger partial charge in [0.25, 0.3) is 10.0 Å². The zero-order valence-electron chi connectivity index (χ0n) is 18.9. The Morgan fingerprint density at radius 1 is 1.00 bits per heavy atom. The molecule has 0 aliphatic rings. The molecule has 2 aromatic heterocycles. The molecule has 2 N–H and O–H groups in total. The van der Waals surface area contributed by atoms with Crippen molar-refractivity contribution in [2.45, 2.75) is 30.6 Å². The van der Waals surface area contributed by atoms with E-state index in [2.05, 4.69) is 10.0 Å². The highest BCUT2D eigenvalue weighted by Gasteiger charge is 2.29. The second-order valence-corrected chi connectivity index (χ2v) is 11.0. The molecule has 2 heterocycles. The van der Waals surface area contributed by atoms with Gasteiger partial charge in [-0.3, -0.25) is 4.79 Å². The smallest absolute Gasteiger partial charge is 0.250 e. The minimum absolute atomic E-state index is 0.182. The first kappa shape index (κ1) is 23.9. The molecule has 1 amide bonds. The summed E-state index contributed by atoms with van der Waals surface area (Å²) in [6, 6.07) is 21.8. The average Bonchev–Trinajstić information content (AvgIpc) is 3.53. The molecule has 0 bridgehead atoms. The molecule has 176 valence electrons. The quantitative estimate of drug-likeness (QED) is 0.364. The number of aromatic nitrogens is 2. The number of thiophene rings is 1. The molecular weight excluding hydrogens is 468 g/mol. The van der Waals surface area contributed by atoms with Crippen LogP contribution >= 0.6 is 11.3 Å². The SMILES string of the molecule is CC(C)C(NS(=O)(=O)c1cccs1)C(=O)NCc1cn(-c2ccccc2)nc1-c1ccccc1. The van der Waals surface area contributed by atoms with Gasteiger partial charge in [0.15, 0.2) is 0 Å². The van der Waals surface area contributed by atoms with E-state index in [1.165, 1.54) is 6.07 Å². The Labute approximate surface area is 203 Å². The fraction of sp³-hybridized carbons (Fsp3) is 0.200. The molecule has 4 rings (SSSR count). The van der Waals surface area contributed by atoms with E-state index < -0.39 is 16.1 Å². The number of nitrogens with one attached hydrogen (secondary N) is 2. The van der Waals surface area contributed by atoms with Crippen LogP contribution in [-0.2, 0) is 21.4 Å². The summed E-state index contributed by atoms with van der Waals surface area (Å²) in [5, 5.41) is 9.35. The van der Waals surface area contributed by atoms with Gasteiger partial charge in [-0.1, -0.05) is 68.4 Å². The van der Waals surface area contributed by atoms with Crippen LogP contribution in [0.2, 0.25) is 0 Å². The van der Waals surface area contributed by atoms with Crippen molar-refractivity contribution in [1.82, 2.24) is 19.8 Å². The van der Waals surface area contributed by atoms with Gasteiger partial charge in [-0.25, -0.2) is 13.1 Å². The Kier molecular flexibility index (Phi) is 7.26. The van der Waals surface area contributed by atoms with Crippen LogP contribution in [0.15, 0.2) is 88.6 Å². The summed E-state index contributed by atoms with van der Waals surface area (Å²) in [6.45, 7) is 3.83. The van der Waals surface area contributed by atoms with Crippen LogP contribution in [0, 0.1) is 5.92 Å². The van der Waals surface area contributed by atoms with E-state index in [0.717, 1.165) is 33.8 Å². The highest BCUT2D eigenvalue weighted by Crippen LogP contribution is 2.24. The lowest BCUT2D eigenvalue weighted by molar-refractivity contribution is -0.123. The average molecular weight is 495 g/mol. The molecule has 1 unspecified atom stereocenters. The molecule has 0 fully saturated rings. The third kappa shape index (κ3) is 5.44. The Balaban J connectivity index is 1.57. The van der Waals surface area contributed by atoms with Crippen LogP contribution in [0.1, 0.15) is 19.4 Å². The highest BCUT2D eigenvalue weighted by atomic mass is 32.2. The fourth-order valence-corrected chi connectivity index (χ4v) is 5.87. The minimum atomic E-state index is -3.78. The van der Waals surface area contributed by atoms with Crippen molar-refractivity contribution in [1.29, 1.82) is 0 Å². The number of para-hydroxylation sites is 1. The zero-order valence-corrected chi connectivity index (χ0v) is 20.5. The van der Waals surface area contributed by atoms with Crippen LogP contribution in [0.5, 0.6) is 0 Å². The first-order valence-electron chi connectivity index (χ1n) is 10.9. The van der Waals surface area contributed by atoms with Gasteiger partial charge in [0.1, 0.15) is 10.3 Å². The maximum atomic E-state index is 13.1. The third-order valence-corrected chi connectivity index (χ3v) is 8.14. The lowest BCUT2D eigenvalue weighted by Crippen LogP contribution is -2.49. The van der Waals surface area contributed by atoms with E-state index in [-0.39, 0.29) is 22.6 Å². The number of nitrogens with zero attached hydrogens (tertiary/aromatic N) is 2. The second kappa shape index (κ2) is 10.3. The standard InChI is InChI=1S/C25H26N4O3S2/c1-18(2)23(28-34(31,32)22-14-9-15-33-22)25(30)26-16-20-17-29(21-12-7-4-8-13-21)27-24(20)19-10-5-3-6-11-19/h3-15,17-18,23,28H,16H2,1-2H3,(H,26,30). The Bertz CT molecular complexity index is 1330. The maximum absolute atomic E-state index is 13.1. The van der Waals surface area contributed by atoms with Gasteiger partial charge in [0, 0.05) is 23.9 Å². The molecule has 0 spiro atoms. The Morgan fingerprint density at radius 2 is 1.68 bits per heavy atom. The van der Waals surface area contributed by atoms with Gasteiger partial charge in [0.2, 0.25) is 5.91 Å². The summed E-state index contributed by atoms with van der Waals surface area (Å²) >= 11 is 1.11. The van der Waals surface area contributed by atoms with E-state index in [4.69, 9.17) is 5.10 Å². The summed E-state index contributed by atoms with van der Waals surface area (Å²) in [5.74, 6) is -0.628. The Hall–Kier alpha value is -3.27. The summed E-state index contributed by atoms with van der Waals surface area (Å²) in [4.78, 5) is 13.1. The minimum Gasteiger partial charge on any atom is -0.350 e. The topological polar surface area (TPSA) is 93.1 Å². The number of rotatable bonds is 9. The van der Waals surface area contributed by atoms with Crippen LogP contribution in [0.25, 0.3) is 16.9 Å². The van der Waals surface area contributed by atoms with E-state index in [9.17, 15) is 13.2 Å². The van der Waals surface area contributed by atoms with E-state index in [1.54, 1.807) is 16.1 Å². The van der Waals surface area contributed by atoms with Gasteiger partial charge in [-0.15, -0.1) is 11.3 Å². The Morgan fingerprint density at radius 3 is 2.29 bits per heavy atom. The van der Waals surface area contributed by atoms with Gasteiger partial charge in [0.05, 0.1) is 11.4 Å². The molecule has 0 aliphatic carbocycles. The molecule has 4 aromatic rings. The van der Waals surface area contributed by atoms with E-state index >= 15 is 0 Å². The van der Waals surface area contributed by atoms with Crippen LogP contribution in [0.3, 0.4) is 0 Å². The van der Waals surface area contributed by atoms with Gasteiger partial charge < -0.3 is 5.32 Å². The number of benzene rings is 2. The largest absolute Gasteiger partial charge is 0.350 e. The lowest BCUT2D eigenvalue weighted by Gasteiger charge is -2.21. The van der Waals surface area contributed by atoms with Gasteiger partial charge in [-0.2, -0.15) is 9.82 Å². The van der Waals surface area contributed by atoms with Crippen molar-refractivity contribution in [3.63, 3.8) is 0 Å². The molecule has 34 heavy (non-hydrogen) atoms. The summed E-state index contributed by atoms with van der Waals surface area (Å²) in [5.41, 5.74) is 3.42. The van der Waals surface area contributed by atoms with Crippen molar-refractivity contribution in [2.75, 3.05) is 0 Å². The maximum Gasteiger partial charge on any atom is 0.250 e. The summed E-state index contributed by atoms with van der Waals surface area (Å²) in [7, 11) is -3.78. The summed E-state index contributed by atoms with van der Waals surface area (Å²) < 4.78 is 29.9. The monoisotopic (exact) mass is 494 g/mol. The summed E-state index contributed by atoms with van der Waals surface area (Å²) in [6.07, 6.45) is 1.89. The fourth-order valence-electron chi connectivity index (χ4n) is 3.52. The number of carbonyl (C=O) groups is 1. The van der Waals surface area contributed by atoms with Crippen molar-refractivity contribution in [3.05, 3.63) is 89.9 Å². The molecule has 0 saturated carbocycles.